The molecule has 11 heteroatoms. The van der Waals surface area contributed by atoms with Crippen molar-refractivity contribution in [2.45, 2.75) is 281 Å². The summed E-state index contributed by atoms with van der Waals surface area (Å²) in [6.07, 6.45) is 43.8. The van der Waals surface area contributed by atoms with Crippen molar-refractivity contribution < 1.29 is 49.3 Å². The van der Waals surface area contributed by atoms with Crippen LogP contribution in [-0.4, -0.2) is 100 Å². The third-order valence-electron chi connectivity index (χ3n) is 12.7. The summed E-state index contributed by atoms with van der Waals surface area (Å²) in [5, 5.41) is 54.1. The van der Waals surface area contributed by atoms with E-state index in [0.717, 1.165) is 70.6 Å². The van der Waals surface area contributed by atoms with Gasteiger partial charge in [0.25, 0.3) is 0 Å². The van der Waals surface area contributed by atoms with Crippen molar-refractivity contribution in [2.75, 3.05) is 19.8 Å². The molecule has 1 aliphatic rings. The van der Waals surface area contributed by atoms with E-state index in [2.05, 4.69) is 43.5 Å². The number of hydrogen-bond donors (Lipinski definition) is 6. The first-order valence-corrected chi connectivity index (χ1v) is 27.3. The van der Waals surface area contributed by atoms with Crippen LogP contribution < -0.4 is 5.32 Å². The van der Waals surface area contributed by atoms with Crippen LogP contribution in [0.2, 0.25) is 0 Å². The Bertz CT molecular complexity index is 1190. The highest BCUT2D eigenvalue weighted by atomic mass is 16.7. The average molecular weight is 936 g/mol. The molecule has 1 heterocycles. The lowest BCUT2D eigenvalue weighted by Gasteiger charge is -2.40. The van der Waals surface area contributed by atoms with Gasteiger partial charge >= 0.3 is 5.97 Å². The minimum Gasteiger partial charge on any atom is -0.466 e. The number of ether oxygens (including phenoxy) is 3. The molecule has 1 aliphatic heterocycles. The second-order valence-electron chi connectivity index (χ2n) is 18.9. The van der Waals surface area contributed by atoms with Gasteiger partial charge in [-0.05, 0) is 70.6 Å². The van der Waals surface area contributed by atoms with Crippen molar-refractivity contribution in [1.82, 2.24) is 5.32 Å². The van der Waals surface area contributed by atoms with E-state index >= 15 is 0 Å². The van der Waals surface area contributed by atoms with Gasteiger partial charge in [-0.3, -0.25) is 9.59 Å². The van der Waals surface area contributed by atoms with Gasteiger partial charge in [-0.2, -0.15) is 0 Å². The molecule has 0 aromatic rings. The summed E-state index contributed by atoms with van der Waals surface area (Å²) in [5.74, 6) is -0.238. The van der Waals surface area contributed by atoms with Crippen molar-refractivity contribution in [2.24, 2.45) is 0 Å². The molecule has 1 fully saturated rings. The van der Waals surface area contributed by atoms with E-state index in [-0.39, 0.29) is 18.5 Å². The van der Waals surface area contributed by atoms with Crippen molar-refractivity contribution in [1.29, 1.82) is 0 Å². The molecule has 7 unspecified atom stereocenters. The summed E-state index contributed by atoms with van der Waals surface area (Å²) in [5.41, 5.74) is 0. The first-order chi connectivity index (χ1) is 32.2. The normalized spacial score (nSPS) is 19.9. The molecule has 0 aliphatic carbocycles. The standard InChI is InChI=1S/C55H101NO10/c1-3-5-7-9-11-13-14-15-16-20-23-27-31-35-39-43-51(60)64-44-40-36-32-28-24-21-18-17-19-22-26-30-34-38-42-50(59)56-47(48(58)41-37-33-29-25-12-10-8-6-4-2)46-65-55-54(63)53(62)52(61)49(45-57)66-55/h12,15-16,25,37,41,47-49,52-55,57-58,61-63H,3-11,13-14,17-24,26-36,38-40,42-46H2,1-2H3,(H,56,59)/b16-15-,25-12+,41-37+. The zero-order valence-corrected chi connectivity index (χ0v) is 42.2. The topological polar surface area (TPSA) is 175 Å². The van der Waals surface area contributed by atoms with Crippen LogP contribution >= 0.6 is 0 Å². The smallest absolute Gasteiger partial charge is 0.305 e. The van der Waals surface area contributed by atoms with Crippen LogP contribution in [0.25, 0.3) is 0 Å². The van der Waals surface area contributed by atoms with Gasteiger partial charge in [0.1, 0.15) is 24.4 Å². The molecule has 0 aromatic carbocycles. The number of nitrogens with one attached hydrogen (secondary N) is 1. The van der Waals surface area contributed by atoms with E-state index in [4.69, 9.17) is 14.2 Å². The Kier molecular flexibility index (Phi) is 42.5. The summed E-state index contributed by atoms with van der Waals surface area (Å²) < 4.78 is 16.6. The zero-order valence-electron chi connectivity index (χ0n) is 42.2. The molecule has 0 aromatic heterocycles. The van der Waals surface area contributed by atoms with Crippen LogP contribution in [-0.2, 0) is 23.8 Å². The number of allylic oxidation sites excluding steroid dienone is 5. The third-order valence-corrected chi connectivity index (χ3v) is 12.7. The van der Waals surface area contributed by atoms with E-state index in [9.17, 15) is 35.1 Å². The summed E-state index contributed by atoms with van der Waals surface area (Å²) in [7, 11) is 0. The van der Waals surface area contributed by atoms with Crippen LogP contribution in [0.5, 0.6) is 0 Å². The summed E-state index contributed by atoms with van der Waals surface area (Å²) >= 11 is 0. The van der Waals surface area contributed by atoms with E-state index in [1.54, 1.807) is 6.08 Å². The Balaban J connectivity index is 2.09. The minimum atomic E-state index is -1.58. The quantitative estimate of drug-likeness (QED) is 0.0196. The molecule has 1 saturated heterocycles. The van der Waals surface area contributed by atoms with Crippen molar-refractivity contribution in [3.63, 3.8) is 0 Å². The van der Waals surface area contributed by atoms with Crippen LogP contribution in [0.4, 0.5) is 0 Å². The summed E-state index contributed by atoms with van der Waals surface area (Å²) in [4.78, 5) is 25.0. The molecule has 0 spiro atoms. The summed E-state index contributed by atoms with van der Waals surface area (Å²) in [6.45, 7) is 4.22. The molecule has 11 nitrogen and oxygen atoms in total. The Morgan fingerprint density at radius 2 is 0.985 bits per heavy atom. The third kappa shape index (κ3) is 35.1. The molecular weight excluding hydrogens is 835 g/mol. The highest BCUT2D eigenvalue weighted by Gasteiger charge is 2.44. The fourth-order valence-electron chi connectivity index (χ4n) is 8.33. The van der Waals surface area contributed by atoms with Crippen molar-refractivity contribution in [3.8, 4) is 0 Å². The first kappa shape index (κ1) is 61.9. The van der Waals surface area contributed by atoms with Gasteiger partial charge in [-0.15, -0.1) is 0 Å². The number of aliphatic hydroxyl groups excluding tert-OH is 5. The maximum absolute atomic E-state index is 13.0. The van der Waals surface area contributed by atoms with Crippen LogP contribution in [0.1, 0.15) is 239 Å². The molecule has 1 rings (SSSR count). The molecular formula is C55H101NO10. The highest BCUT2D eigenvalue weighted by Crippen LogP contribution is 2.23. The molecule has 0 saturated carbocycles. The molecule has 1 amide bonds. The number of carbonyl (C=O) groups is 2. The largest absolute Gasteiger partial charge is 0.466 e. The number of rotatable bonds is 46. The van der Waals surface area contributed by atoms with Gasteiger partial charge in [-0.1, -0.05) is 192 Å². The van der Waals surface area contributed by atoms with Crippen molar-refractivity contribution in [3.05, 3.63) is 36.5 Å². The van der Waals surface area contributed by atoms with Crippen LogP contribution in [0, 0.1) is 0 Å². The maximum atomic E-state index is 13.0. The Morgan fingerprint density at radius 1 is 0.545 bits per heavy atom. The van der Waals surface area contributed by atoms with E-state index in [1.807, 2.05) is 6.08 Å². The molecule has 6 N–H and O–H groups in total. The average Bonchev–Trinajstić information content (AvgIpc) is 3.31. The fraction of sp³-hybridized carbons (Fsp3) is 0.855. The van der Waals surface area contributed by atoms with E-state index in [0.29, 0.717) is 19.4 Å². The number of aliphatic hydroxyl groups is 5. The maximum Gasteiger partial charge on any atom is 0.305 e. The number of amides is 1. The molecule has 0 radical (unpaired) electrons. The minimum absolute atomic E-state index is 0.0324. The Morgan fingerprint density at radius 3 is 1.53 bits per heavy atom. The number of hydrogen-bond acceptors (Lipinski definition) is 10. The van der Waals surface area contributed by atoms with Crippen LogP contribution in [0.15, 0.2) is 36.5 Å². The van der Waals surface area contributed by atoms with Gasteiger partial charge in [0.2, 0.25) is 5.91 Å². The fourth-order valence-corrected chi connectivity index (χ4v) is 8.33. The van der Waals surface area contributed by atoms with Crippen LogP contribution in [0.3, 0.4) is 0 Å². The second-order valence-corrected chi connectivity index (χ2v) is 18.9. The van der Waals surface area contributed by atoms with Gasteiger partial charge in [0, 0.05) is 12.8 Å². The van der Waals surface area contributed by atoms with Crippen molar-refractivity contribution >= 4 is 11.9 Å². The lowest BCUT2D eigenvalue weighted by molar-refractivity contribution is -0.302. The predicted molar refractivity (Wildman–Crippen MR) is 269 cm³/mol. The summed E-state index contributed by atoms with van der Waals surface area (Å²) in [6, 6.07) is -0.834. The Labute approximate surface area is 403 Å². The van der Waals surface area contributed by atoms with Gasteiger partial charge in [-0.25, -0.2) is 0 Å². The monoisotopic (exact) mass is 936 g/mol. The first-order valence-electron chi connectivity index (χ1n) is 27.3. The Hall–Kier alpha value is -2.12. The lowest BCUT2D eigenvalue weighted by Crippen LogP contribution is -2.60. The SMILES string of the molecule is CCCCC/C=C/CC/C=C/C(O)C(COC1OC(CO)C(O)C(O)C1O)NC(=O)CCCCCCCCCCCCCCCCOC(=O)CCCCCCC/C=C\CCCCCCCC. The van der Waals surface area contributed by atoms with E-state index in [1.165, 1.54) is 141 Å². The van der Waals surface area contributed by atoms with Gasteiger partial charge < -0.3 is 45.1 Å². The predicted octanol–water partition coefficient (Wildman–Crippen LogP) is 11.6. The molecule has 66 heavy (non-hydrogen) atoms. The van der Waals surface area contributed by atoms with Gasteiger partial charge in [0.05, 0.1) is 32.0 Å². The number of unbranched alkanes of at least 4 members (excludes halogenated alkanes) is 28. The number of esters is 1. The molecule has 386 valence electrons. The second kappa shape index (κ2) is 45.3. The van der Waals surface area contributed by atoms with Gasteiger partial charge in [0.15, 0.2) is 6.29 Å². The van der Waals surface area contributed by atoms with E-state index < -0.39 is 49.5 Å². The molecule has 0 bridgehead atoms. The zero-order chi connectivity index (χ0) is 48.1. The molecule has 7 atom stereocenters. The highest BCUT2D eigenvalue weighted by molar-refractivity contribution is 5.76. The number of carbonyl (C=O) groups excluding carboxylic acids is 2. The lowest BCUT2D eigenvalue weighted by atomic mass is 9.99.